The second-order valence-corrected chi connectivity index (χ2v) is 12.8. The van der Waals surface area contributed by atoms with Gasteiger partial charge >= 0.3 is 6.18 Å². The van der Waals surface area contributed by atoms with Gasteiger partial charge in [0.15, 0.2) is 5.82 Å². The number of methoxy groups -OCH3 is 1. The molecule has 1 saturated carbocycles. The Labute approximate surface area is 259 Å². The number of sulfonamides is 1. The van der Waals surface area contributed by atoms with Gasteiger partial charge in [0, 0.05) is 35.3 Å². The number of fused-ring (bicyclic) bond motifs is 1. The molecular weight excluding hydrogens is 609 g/mol. The van der Waals surface area contributed by atoms with Gasteiger partial charge in [-0.15, -0.1) is 0 Å². The average molecular weight is 645 g/mol. The fourth-order valence-corrected chi connectivity index (χ4v) is 6.55. The Kier molecular flexibility index (Phi) is 9.50. The van der Waals surface area contributed by atoms with Gasteiger partial charge in [0.05, 0.1) is 35.4 Å². The molecule has 240 valence electrons. The van der Waals surface area contributed by atoms with Crippen LogP contribution in [0.1, 0.15) is 31.4 Å². The van der Waals surface area contributed by atoms with Crippen molar-refractivity contribution in [3.63, 3.8) is 0 Å². The standard InChI is InChI=1S/C31H35F3N6O4S/c1-39(2)22-11-9-21(10-12-22)36-26-7-4-8-28-25(26)18-23(40(28)20-31(32,33)34)6-5-16-35-27-14-13-24(19-29(27)43-3)45(41,42)38-30-15-17-44-37-30/h4,7-8,13-15,17-19,21-22,35-36H,9-12,16,20H2,1-3H3,(H,37,38)/t21-,22+. The van der Waals surface area contributed by atoms with E-state index in [1.54, 1.807) is 18.2 Å². The molecule has 4 aromatic rings. The minimum atomic E-state index is -4.44. The minimum absolute atomic E-state index is 0.0319. The summed E-state index contributed by atoms with van der Waals surface area (Å²) in [5.41, 5.74) is 1.94. The zero-order chi connectivity index (χ0) is 32.2. The number of nitrogens with one attached hydrogen (secondary N) is 3. The van der Waals surface area contributed by atoms with E-state index >= 15 is 0 Å². The van der Waals surface area contributed by atoms with E-state index in [0.29, 0.717) is 22.6 Å². The predicted octanol–water partition coefficient (Wildman–Crippen LogP) is 5.75. The molecule has 0 amide bonds. The highest BCUT2D eigenvalue weighted by Gasteiger charge is 2.30. The number of hydrogen-bond donors (Lipinski definition) is 3. The van der Waals surface area contributed by atoms with E-state index in [1.807, 2.05) is 6.07 Å². The molecule has 0 unspecified atom stereocenters. The first-order valence-electron chi connectivity index (χ1n) is 14.4. The lowest BCUT2D eigenvalue weighted by atomic mass is 9.90. The minimum Gasteiger partial charge on any atom is -0.495 e. The Morgan fingerprint density at radius 1 is 1.09 bits per heavy atom. The van der Waals surface area contributed by atoms with Gasteiger partial charge < -0.3 is 29.4 Å². The Morgan fingerprint density at radius 2 is 1.87 bits per heavy atom. The molecule has 2 aromatic heterocycles. The molecule has 1 aliphatic rings. The Morgan fingerprint density at radius 3 is 2.53 bits per heavy atom. The maximum Gasteiger partial charge on any atom is 0.406 e. The van der Waals surface area contributed by atoms with Crippen LogP contribution in [0.25, 0.3) is 10.9 Å². The molecule has 0 atom stereocenters. The molecule has 1 fully saturated rings. The van der Waals surface area contributed by atoms with Crippen molar-refractivity contribution in [3.8, 4) is 17.6 Å². The quantitative estimate of drug-likeness (QED) is 0.187. The summed E-state index contributed by atoms with van der Waals surface area (Å²) >= 11 is 0. The van der Waals surface area contributed by atoms with Gasteiger partial charge in [0.2, 0.25) is 0 Å². The zero-order valence-corrected chi connectivity index (χ0v) is 25.9. The van der Waals surface area contributed by atoms with Crippen LogP contribution < -0.4 is 20.1 Å². The predicted molar refractivity (Wildman–Crippen MR) is 167 cm³/mol. The van der Waals surface area contributed by atoms with Crippen LogP contribution in [-0.2, 0) is 16.6 Å². The molecule has 2 heterocycles. The van der Waals surface area contributed by atoms with Crippen LogP contribution in [0.3, 0.4) is 0 Å². The van der Waals surface area contributed by atoms with E-state index < -0.39 is 22.7 Å². The van der Waals surface area contributed by atoms with Crippen molar-refractivity contribution >= 4 is 38.1 Å². The van der Waals surface area contributed by atoms with E-state index in [-0.39, 0.29) is 34.7 Å². The first kappa shape index (κ1) is 32.1. The van der Waals surface area contributed by atoms with Gasteiger partial charge in [-0.05, 0) is 76.0 Å². The summed E-state index contributed by atoms with van der Waals surface area (Å²) in [5, 5.41) is 10.9. The highest BCUT2D eigenvalue weighted by molar-refractivity contribution is 7.92. The lowest BCUT2D eigenvalue weighted by Crippen LogP contribution is -2.36. The molecule has 0 spiro atoms. The molecule has 0 radical (unpaired) electrons. The molecule has 14 heteroatoms. The molecule has 3 N–H and O–H groups in total. The van der Waals surface area contributed by atoms with Gasteiger partial charge in [-0.1, -0.05) is 17.1 Å². The van der Waals surface area contributed by atoms with Crippen LogP contribution in [0.5, 0.6) is 5.75 Å². The van der Waals surface area contributed by atoms with Gasteiger partial charge in [-0.25, -0.2) is 8.42 Å². The molecule has 2 aromatic carbocycles. The molecular formula is C31H35F3N6O4S. The summed E-state index contributed by atoms with van der Waals surface area (Å²) < 4.78 is 79.8. The van der Waals surface area contributed by atoms with Crippen molar-refractivity contribution in [2.75, 3.05) is 43.1 Å². The number of hydrogen-bond acceptors (Lipinski definition) is 8. The van der Waals surface area contributed by atoms with Crippen LogP contribution >= 0.6 is 0 Å². The molecule has 0 aliphatic heterocycles. The normalized spacial score (nSPS) is 17.1. The lowest BCUT2D eigenvalue weighted by Gasteiger charge is -2.33. The van der Waals surface area contributed by atoms with E-state index in [0.717, 1.165) is 31.4 Å². The Bertz CT molecular complexity index is 1790. The van der Waals surface area contributed by atoms with Crippen molar-refractivity contribution in [1.82, 2.24) is 14.6 Å². The van der Waals surface area contributed by atoms with Gasteiger partial charge in [-0.3, -0.25) is 4.72 Å². The summed E-state index contributed by atoms with van der Waals surface area (Å²) in [6.07, 6.45) is 0.880. The number of alkyl halides is 3. The number of benzene rings is 2. The van der Waals surface area contributed by atoms with E-state index in [1.165, 1.54) is 42.2 Å². The fourth-order valence-electron chi connectivity index (χ4n) is 5.54. The summed E-state index contributed by atoms with van der Waals surface area (Å²) in [4.78, 5) is 2.18. The SMILES string of the molecule is COc1cc(S(=O)(=O)Nc2ccon2)ccc1NCC#Cc1cc2c(N[C@H]3CC[C@@H](N(C)C)CC3)cccc2n1CC(F)(F)F. The summed E-state index contributed by atoms with van der Waals surface area (Å²) in [6.45, 7) is -1.11. The third kappa shape index (κ3) is 7.84. The second kappa shape index (κ2) is 13.3. The summed E-state index contributed by atoms with van der Waals surface area (Å²) in [6, 6.07) is 13.4. The monoisotopic (exact) mass is 644 g/mol. The molecule has 45 heavy (non-hydrogen) atoms. The molecule has 10 nitrogen and oxygen atoms in total. The maximum absolute atomic E-state index is 13.6. The molecule has 5 rings (SSSR count). The third-order valence-electron chi connectivity index (χ3n) is 7.81. The Balaban J connectivity index is 1.34. The highest BCUT2D eigenvalue weighted by atomic mass is 32.2. The van der Waals surface area contributed by atoms with E-state index in [4.69, 9.17) is 4.74 Å². The lowest BCUT2D eigenvalue weighted by molar-refractivity contribution is -0.140. The number of anilines is 3. The average Bonchev–Trinajstić information content (AvgIpc) is 3.62. The fraction of sp³-hybridized carbons (Fsp3) is 0.387. The second-order valence-electron chi connectivity index (χ2n) is 11.1. The largest absolute Gasteiger partial charge is 0.495 e. The summed E-state index contributed by atoms with van der Waals surface area (Å²) in [7, 11) is 1.60. The maximum atomic E-state index is 13.6. The van der Waals surface area contributed by atoms with Crippen molar-refractivity contribution in [1.29, 1.82) is 0 Å². The zero-order valence-electron chi connectivity index (χ0n) is 25.1. The van der Waals surface area contributed by atoms with E-state index in [9.17, 15) is 21.6 Å². The molecule has 0 saturated heterocycles. The first-order chi connectivity index (χ1) is 21.4. The number of halogens is 3. The van der Waals surface area contributed by atoms with Crippen molar-refractivity contribution in [2.45, 2.75) is 55.4 Å². The molecule has 1 aliphatic carbocycles. The topological polar surface area (TPSA) is 114 Å². The van der Waals surface area contributed by atoms with Gasteiger partial charge in [-0.2, -0.15) is 13.2 Å². The number of nitrogens with zero attached hydrogens (tertiary/aromatic N) is 3. The van der Waals surface area contributed by atoms with Crippen LogP contribution in [0.4, 0.5) is 30.4 Å². The van der Waals surface area contributed by atoms with Gasteiger partial charge in [0.1, 0.15) is 18.6 Å². The number of rotatable bonds is 10. The van der Waals surface area contributed by atoms with Crippen LogP contribution in [0, 0.1) is 11.8 Å². The van der Waals surface area contributed by atoms with Crippen molar-refractivity contribution in [2.24, 2.45) is 0 Å². The van der Waals surface area contributed by atoms with Crippen LogP contribution in [-0.4, -0.2) is 69.1 Å². The van der Waals surface area contributed by atoms with Gasteiger partial charge in [0.25, 0.3) is 10.0 Å². The highest BCUT2D eigenvalue weighted by Crippen LogP contribution is 2.33. The molecule has 0 bridgehead atoms. The van der Waals surface area contributed by atoms with Crippen LogP contribution in [0.2, 0.25) is 0 Å². The Hall–Kier alpha value is -4.35. The number of ether oxygens (including phenoxy) is 1. The van der Waals surface area contributed by atoms with Crippen molar-refractivity contribution in [3.05, 3.63) is 60.5 Å². The number of aromatic nitrogens is 2. The third-order valence-corrected chi connectivity index (χ3v) is 9.17. The van der Waals surface area contributed by atoms with Crippen LogP contribution in [0.15, 0.2) is 64.2 Å². The van der Waals surface area contributed by atoms with E-state index in [2.05, 4.69) is 55.9 Å². The first-order valence-corrected chi connectivity index (χ1v) is 15.9. The van der Waals surface area contributed by atoms with Crippen molar-refractivity contribution < 1.29 is 30.8 Å². The smallest absolute Gasteiger partial charge is 0.406 e. The summed E-state index contributed by atoms with van der Waals surface area (Å²) in [5.74, 6) is 6.07.